The van der Waals surface area contributed by atoms with Crippen LogP contribution in [-0.2, 0) is 4.79 Å². The Morgan fingerprint density at radius 1 is 1.60 bits per heavy atom. The smallest absolute Gasteiger partial charge is 0.344 e. The van der Waals surface area contributed by atoms with Gasteiger partial charge in [0, 0.05) is 11.3 Å². The first-order valence-corrected chi connectivity index (χ1v) is 7.64. The number of carbonyl (C=O) groups excluding carboxylic acids is 1. The van der Waals surface area contributed by atoms with E-state index < -0.39 is 11.4 Å². The number of rotatable bonds is 4. The lowest BCUT2D eigenvalue weighted by Gasteiger charge is -2.34. The molecule has 2 rings (SSSR count). The fourth-order valence-electron chi connectivity index (χ4n) is 2.56. The summed E-state index contributed by atoms with van der Waals surface area (Å²) in [5, 5.41) is 7.31. The number of carbonyl (C=O) groups is 1. The fourth-order valence-corrected chi connectivity index (χ4v) is 4.03. The lowest BCUT2D eigenvalue weighted by Crippen LogP contribution is -2.55. The van der Waals surface area contributed by atoms with Crippen LogP contribution in [0.5, 0.6) is 0 Å². The molecule has 8 heteroatoms. The Hall–Kier alpha value is -1.28. The van der Waals surface area contributed by atoms with Crippen molar-refractivity contribution in [3.05, 3.63) is 10.5 Å². The first-order chi connectivity index (χ1) is 9.33. The van der Waals surface area contributed by atoms with Crippen LogP contribution in [0, 0.1) is 0 Å². The second kappa shape index (κ2) is 5.61. The van der Waals surface area contributed by atoms with Crippen molar-refractivity contribution in [2.45, 2.75) is 61.5 Å². The van der Waals surface area contributed by atoms with Crippen LogP contribution in [0.1, 0.15) is 45.6 Å². The van der Waals surface area contributed by atoms with E-state index in [0.29, 0.717) is 18.0 Å². The van der Waals surface area contributed by atoms with Gasteiger partial charge in [0.1, 0.15) is 0 Å². The molecule has 2 atom stereocenters. The number of thioether (sulfide) groups is 1. The summed E-state index contributed by atoms with van der Waals surface area (Å²) in [5.74, 6) is -0.453. The van der Waals surface area contributed by atoms with Gasteiger partial charge in [0.05, 0.1) is 5.54 Å². The van der Waals surface area contributed by atoms with E-state index >= 15 is 0 Å². The van der Waals surface area contributed by atoms with Crippen molar-refractivity contribution in [1.29, 1.82) is 0 Å². The maximum absolute atomic E-state index is 11.7. The maximum atomic E-state index is 11.7. The molecule has 20 heavy (non-hydrogen) atoms. The first kappa shape index (κ1) is 15.1. The number of primary amides is 1. The molecule has 0 aliphatic heterocycles. The van der Waals surface area contributed by atoms with Crippen molar-refractivity contribution < 1.29 is 4.79 Å². The Bertz CT molecular complexity index is 552. The summed E-state index contributed by atoms with van der Waals surface area (Å²) in [6.45, 7) is 3.86. The first-order valence-electron chi connectivity index (χ1n) is 6.76. The van der Waals surface area contributed by atoms with Gasteiger partial charge in [-0.15, -0.1) is 5.10 Å². The molecule has 0 bridgehead atoms. The predicted molar refractivity (Wildman–Crippen MR) is 77.5 cm³/mol. The minimum Gasteiger partial charge on any atom is -0.368 e. The largest absolute Gasteiger partial charge is 0.368 e. The molecule has 0 aromatic carbocycles. The van der Waals surface area contributed by atoms with Crippen LogP contribution in [0.15, 0.2) is 9.95 Å². The highest BCUT2D eigenvalue weighted by molar-refractivity contribution is 7.99. The average molecular weight is 299 g/mol. The number of hydrogen-bond donors (Lipinski definition) is 3. The van der Waals surface area contributed by atoms with Gasteiger partial charge in [-0.1, -0.05) is 11.8 Å². The highest BCUT2D eigenvalue weighted by Gasteiger charge is 2.38. The van der Waals surface area contributed by atoms with E-state index in [1.807, 2.05) is 13.8 Å². The molecule has 1 fully saturated rings. The summed E-state index contributed by atoms with van der Waals surface area (Å²) in [6, 6.07) is 0.0334. The molecule has 1 aromatic heterocycles. The topological polar surface area (TPSA) is 120 Å². The van der Waals surface area contributed by atoms with Crippen LogP contribution in [0.25, 0.3) is 0 Å². The van der Waals surface area contributed by atoms with Crippen molar-refractivity contribution in [1.82, 2.24) is 14.8 Å². The van der Waals surface area contributed by atoms with Gasteiger partial charge in [0.25, 0.3) is 0 Å². The van der Waals surface area contributed by atoms with Crippen LogP contribution in [-0.4, -0.2) is 31.5 Å². The summed E-state index contributed by atoms with van der Waals surface area (Å²) in [4.78, 5) is 23.2. The van der Waals surface area contributed by atoms with E-state index in [9.17, 15) is 9.59 Å². The SMILES string of the molecule is CC(C)n1c(SC2CCCC(N)(C(N)=O)C2)n[nH]c1=O. The number of nitrogens with zero attached hydrogens (tertiary/aromatic N) is 2. The van der Waals surface area contributed by atoms with Gasteiger partial charge in [-0.05, 0) is 39.5 Å². The van der Waals surface area contributed by atoms with Gasteiger partial charge in [-0.2, -0.15) is 0 Å². The molecule has 1 saturated carbocycles. The van der Waals surface area contributed by atoms with Gasteiger partial charge in [0.15, 0.2) is 5.16 Å². The molecule has 1 aromatic rings. The van der Waals surface area contributed by atoms with Gasteiger partial charge < -0.3 is 11.5 Å². The molecule has 5 N–H and O–H groups in total. The highest BCUT2D eigenvalue weighted by atomic mass is 32.2. The number of nitrogens with two attached hydrogens (primary N) is 2. The van der Waals surface area contributed by atoms with E-state index in [4.69, 9.17) is 11.5 Å². The standard InChI is InChI=1S/C12H21N5O2S/c1-7(2)17-10(19)15-16-11(17)20-8-4-3-5-12(14,6-8)9(13)18/h7-8H,3-6,14H2,1-2H3,(H2,13,18)(H,15,19). The third-order valence-electron chi connectivity index (χ3n) is 3.69. The predicted octanol–water partition coefficient (Wildman–Crippen LogP) is 0.370. The molecule has 1 aliphatic carbocycles. The van der Waals surface area contributed by atoms with Crippen LogP contribution in [0.2, 0.25) is 0 Å². The fraction of sp³-hybridized carbons (Fsp3) is 0.750. The number of amides is 1. The summed E-state index contributed by atoms with van der Waals surface area (Å²) < 4.78 is 1.61. The number of nitrogens with one attached hydrogen (secondary N) is 1. The monoisotopic (exact) mass is 299 g/mol. The van der Waals surface area contributed by atoms with Crippen molar-refractivity contribution in [3.8, 4) is 0 Å². The third-order valence-corrected chi connectivity index (χ3v) is 4.93. The van der Waals surface area contributed by atoms with Crippen molar-refractivity contribution in [2.24, 2.45) is 11.5 Å². The summed E-state index contributed by atoms with van der Waals surface area (Å²) in [5.41, 5.74) is 10.3. The molecular formula is C12H21N5O2S. The quantitative estimate of drug-likeness (QED) is 0.742. The van der Waals surface area contributed by atoms with Crippen LogP contribution < -0.4 is 17.2 Å². The lowest BCUT2D eigenvalue weighted by atomic mass is 9.82. The van der Waals surface area contributed by atoms with E-state index in [0.717, 1.165) is 12.8 Å². The van der Waals surface area contributed by atoms with Crippen molar-refractivity contribution in [3.63, 3.8) is 0 Å². The number of H-pyrrole nitrogens is 1. The van der Waals surface area contributed by atoms with Crippen molar-refractivity contribution in [2.75, 3.05) is 0 Å². The van der Waals surface area contributed by atoms with Gasteiger partial charge in [0.2, 0.25) is 5.91 Å². The maximum Gasteiger partial charge on any atom is 0.344 e. The van der Waals surface area contributed by atoms with Crippen molar-refractivity contribution >= 4 is 17.7 Å². The summed E-state index contributed by atoms with van der Waals surface area (Å²) in [6.07, 6.45) is 2.94. The Morgan fingerprint density at radius 2 is 2.30 bits per heavy atom. The third kappa shape index (κ3) is 2.90. The Morgan fingerprint density at radius 3 is 2.90 bits per heavy atom. The highest BCUT2D eigenvalue weighted by Crippen LogP contribution is 2.36. The molecular weight excluding hydrogens is 278 g/mol. The zero-order valence-corrected chi connectivity index (χ0v) is 12.6. The van der Waals surface area contributed by atoms with Gasteiger partial charge >= 0.3 is 5.69 Å². The number of hydrogen-bond acceptors (Lipinski definition) is 5. The Kier molecular flexibility index (Phi) is 4.24. The Balaban J connectivity index is 2.15. The minimum atomic E-state index is -0.935. The summed E-state index contributed by atoms with van der Waals surface area (Å²) in [7, 11) is 0. The molecule has 112 valence electrons. The molecule has 0 spiro atoms. The normalized spacial score (nSPS) is 26.9. The zero-order valence-electron chi connectivity index (χ0n) is 11.8. The molecule has 0 radical (unpaired) electrons. The molecule has 1 heterocycles. The Labute approximate surface area is 121 Å². The molecule has 7 nitrogen and oxygen atoms in total. The summed E-state index contributed by atoms with van der Waals surface area (Å²) >= 11 is 1.49. The zero-order chi connectivity index (χ0) is 14.9. The average Bonchev–Trinajstić information content (AvgIpc) is 2.70. The molecule has 1 amide bonds. The van der Waals surface area contributed by atoms with E-state index in [1.54, 1.807) is 4.57 Å². The lowest BCUT2D eigenvalue weighted by molar-refractivity contribution is -0.124. The molecule has 2 unspecified atom stereocenters. The molecule has 0 saturated heterocycles. The van der Waals surface area contributed by atoms with Gasteiger partial charge in [-0.25, -0.2) is 9.89 Å². The van der Waals surface area contributed by atoms with Crippen LogP contribution in [0.4, 0.5) is 0 Å². The van der Waals surface area contributed by atoms with Crippen LogP contribution >= 0.6 is 11.8 Å². The van der Waals surface area contributed by atoms with E-state index in [2.05, 4.69) is 10.2 Å². The van der Waals surface area contributed by atoms with Crippen LogP contribution in [0.3, 0.4) is 0 Å². The number of aromatic amines is 1. The van der Waals surface area contributed by atoms with E-state index in [1.165, 1.54) is 11.8 Å². The second-order valence-corrected chi connectivity index (χ2v) is 6.90. The minimum absolute atomic E-state index is 0.0334. The molecule has 1 aliphatic rings. The number of aromatic nitrogens is 3. The van der Waals surface area contributed by atoms with Gasteiger partial charge in [-0.3, -0.25) is 9.36 Å². The van der Waals surface area contributed by atoms with E-state index in [-0.39, 0.29) is 17.0 Å². The second-order valence-electron chi connectivity index (χ2n) is 5.63.